The molecular weight excluding hydrogens is 230 g/mol. The van der Waals surface area contributed by atoms with Crippen molar-refractivity contribution in [1.29, 1.82) is 0 Å². The summed E-state index contributed by atoms with van der Waals surface area (Å²) in [5, 5.41) is 0. The number of ether oxygens (including phenoxy) is 1. The molecule has 0 saturated heterocycles. The van der Waals surface area contributed by atoms with Crippen molar-refractivity contribution in [2.75, 3.05) is 13.7 Å². The molecule has 4 nitrogen and oxygen atoms in total. The SMILES string of the molecule is COC(=O)Cc1ccccc1CNOCC(C)C. The summed E-state index contributed by atoms with van der Waals surface area (Å²) in [6.07, 6.45) is 0.290. The molecule has 0 fully saturated rings. The van der Waals surface area contributed by atoms with Crippen LogP contribution in [0.25, 0.3) is 0 Å². The molecule has 1 rings (SSSR count). The van der Waals surface area contributed by atoms with Crippen LogP contribution in [0.4, 0.5) is 0 Å². The number of carbonyl (C=O) groups is 1. The molecule has 4 heteroatoms. The number of methoxy groups -OCH3 is 1. The zero-order chi connectivity index (χ0) is 13.4. The lowest BCUT2D eigenvalue weighted by Crippen LogP contribution is -2.18. The molecule has 1 N–H and O–H groups in total. The number of hydroxylamine groups is 1. The van der Waals surface area contributed by atoms with Crippen molar-refractivity contribution in [3.8, 4) is 0 Å². The summed E-state index contributed by atoms with van der Waals surface area (Å²) in [6, 6.07) is 7.76. The first-order chi connectivity index (χ1) is 8.63. The Balaban J connectivity index is 2.51. The van der Waals surface area contributed by atoms with Crippen LogP contribution in [-0.2, 0) is 27.3 Å². The zero-order valence-corrected chi connectivity index (χ0v) is 11.2. The summed E-state index contributed by atoms with van der Waals surface area (Å²) in [6.45, 7) is 5.43. The number of hydrogen-bond donors (Lipinski definition) is 1. The number of nitrogens with one attached hydrogen (secondary N) is 1. The van der Waals surface area contributed by atoms with Gasteiger partial charge >= 0.3 is 5.97 Å². The minimum Gasteiger partial charge on any atom is -0.469 e. The third-order valence-electron chi connectivity index (χ3n) is 2.46. The molecule has 0 unspecified atom stereocenters. The van der Waals surface area contributed by atoms with Crippen LogP contribution >= 0.6 is 0 Å². The lowest BCUT2D eigenvalue weighted by atomic mass is 10.1. The Bertz CT molecular complexity index is 377. The van der Waals surface area contributed by atoms with E-state index in [0.29, 0.717) is 25.5 Å². The van der Waals surface area contributed by atoms with Gasteiger partial charge in [0.15, 0.2) is 0 Å². The van der Waals surface area contributed by atoms with Gasteiger partial charge in [-0.1, -0.05) is 38.1 Å². The van der Waals surface area contributed by atoms with E-state index in [1.165, 1.54) is 7.11 Å². The van der Waals surface area contributed by atoms with E-state index < -0.39 is 0 Å². The fourth-order valence-electron chi connectivity index (χ4n) is 1.48. The topological polar surface area (TPSA) is 47.6 Å². The number of hydrogen-bond acceptors (Lipinski definition) is 4. The van der Waals surface area contributed by atoms with E-state index in [2.05, 4.69) is 24.1 Å². The van der Waals surface area contributed by atoms with Crippen LogP contribution in [0.15, 0.2) is 24.3 Å². The second-order valence-electron chi connectivity index (χ2n) is 4.55. The first-order valence-corrected chi connectivity index (χ1v) is 6.11. The predicted molar refractivity (Wildman–Crippen MR) is 69.8 cm³/mol. The molecule has 0 bridgehead atoms. The maximum atomic E-state index is 11.3. The van der Waals surface area contributed by atoms with E-state index in [1.807, 2.05) is 24.3 Å². The molecule has 0 radical (unpaired) electrons. The summed E-state index contributed by atoms with van der Waals surface area (Å²) in [7, 11) is 1.40. The molecule has 100 valence electrons. The third-order valence-corrected chi connectivity index (χ3v) is 2.46. The van der Waals surface area contributed by atoms with Crippen LogP contribution in [0.3, 0.4) is 0 Å². The fraction of sp³-hybridized carbons (Fsp3) is 0.500. The average Bonchev–Trinajstić information content (AvgIpc) is 2.36. The summed E-state index contributed by atoms with van der Waals surface area (Å²) in [5.41, 5.74) is 4.92. The van der Waals surface area contributed by atoms with Crippen molar-refractivity contribution in [1.82, 2.24) is 5.48 Å². The van der Waals surface area contributed by atoms with Crippen LogP contribution in [0.2, 0.25) is 0 Å². The van der Waals surface area contributed by atoms with Gasteiger partial charge in [0.25, 0.3) is 0 Å². The molecule has 1 aromatic rings. The van der Waals surface area contributed by atoms with Crippen molar-refractivity contribution >= 4 is 5.97 Å². The third kappa shape index (κ3) is 5.29. The highest BCUT2D eigenvalue weighted by atomic mass is 16.6. The van der Waals surface area contributed by atoms with Gasteiger partial charge in [0.05, 0.1) is 20.1 Å². The predicted octanol–water partition coefficient (Wildman–Crippen LogP) is 2.08. The molecule has 18 heavy (non-hydrogen) atoms. The molecule has 0 aliphatic rings. The normalized spacial score (nSPS) is 10.7. The van der Waals surface area contributed by atoms with Crippen LogP contribution in [0.1, 0.15) is 25.0 Å². The maximum absolute atomic E-state index is 11.3. The highest BCUT2D eigenvalue weighted by Gasteiger charge is 2.07. The Hall–Kier alpha value is -1.39. The summed E-state index contributed by atoms with van der Waals surface area (Å²) < 4.78 is 4.68. The summed E-state index contributed by atoms with van der Waals surface area (Å²) >= 11 is 0. The molecule has 0 aliphatic heterocycles. The Kier molecular flexibility index (Phi) is 6.39. The minimum absolute atomic E-state index is 0.231. The van der Waals surface area contributed by atoms with Gasteiger partial charge in [-0.05, 0) is 17.0 Å². The summed E-state index contributed by atoms with van der Waals surface area (Å²) in [4.78, 5) is 16.6. The quantitative estimate of drug-likeness (QED) is 0.458. The van der Waals surface area contributed by atoms with Gasteiger partial charge in [-0.2, -0.15) is 5.48 Å². The first-order valence-electron chi connectivity index (χ1n) is 6.11. The van der Waals surface area contributed by atoms with Crippen LogP contribution in [-0.4, -0.2) is 19.7 Å². The van der Waals surface area contributed by atoms with Gasteiger partial charge in [0, 0.05) is 6.54 Å². The van der Waals surface area contributed by atoms with E-state index in [9.17, 15) is 4.79 Å². The van der Waals surface area contributed by atoms with Crippen molar-refractivity contribution in [3.05, 3.63) is 35.4 Å². The summed E-state index contributed by atoms with van der Waals surface area (Å²) in [5.74, 6) is 0.258. The zero-order valence-electron chi connectivity index (χ0n) is 11.2. The number of rotatable bonds is 7. The smallest absolute Gasteiger partial charge is 0.309 e. The van der Waals surface area contributed by atoms with Crippen LogP contribution < -0.4 is 5.48 Å². The molecule has 0 amide bonds. The fourth-order valence-corrected chi connectivity index (χ4v) is 1.48. The van der Waals surface area contributed by atoms with E-state index in [0.717, 1.165) is 11.1 Å². The number of esters is 1. The highest BCUT2D eigenvalue weighted by Crippen LogP contribution is 2.10. The maximum Gasteiger partial charge on any atom is 0.309 e. The molecule has 0 aromatic heterocycles. The van der Waals surface area contributed by atoms with Crippen molar-refractivity contribution < 1.29 is 14.4 Å². The second-order valence-corrected chi connectivity index (χ2v) is 4.55. The molecule has 1 aromatic carbocycles. The molecule has 0 atom stereocenters. The molecule has 0 spiro atoms. The van der Waals surface area contributed by atoms with E-state index >= 15 is 0 Å². The monoisotopic (exact) mass is 251 g/mol. The average molecular weight is 251 g/mol. The van der Waals surface area contributed by atoms with Crippen LogP contribution in [0, 0.1) is 5.92 Å². The molecule has 0 aliphatic carbocycles. The number of benzene rings is 1. The van der Waals surface area contributed by atoms with Gasteiger partial charge in [-0.3, -0.25) is 4.79 Å². The lowest BCUT2D eigenvalue weighted by molar-refractivity contribution is -0.139. The minimum atomic E-state index is -0.231. The van der Waals surface area contributed by atoms with Gasteiger partial charge < -0.3 is 9.57 Å². The number of carbonyl (C=O) groups excluding carboxylic acids is 1. The Morgan fingerprint density at radius 1 is 1.28 bits per heavy atom. The van der Waals surface area contributed by atoms with Gasteiger partial charge in [-0.15, -0.1) is 0 Å². The van der Waals surface area contributed by atoms with Crippen LogP contribution in [0.5, 0.6) is 0 Å². The Morgan fingerprint density at radius 3 is 2.56 bits per heavy atom. The largest absolute Gasteiger partial charge is 0.469 e. The lowest BCUT2D eigenvalue weighted by Gasteiger charge is -2.11. The Morgan fingerprint density at radius 2 is 1.94 bits per heavy atom. The van der Waals surface area contributed by atoms with E-state index in [-0.39, 0.29) is 5.97 Å². The molecule has 0 heterocycles. The van der Waals surface area contributed by atoms with Gasteiger partial charge in [-0.25, -0.2) is 0 Å². The van der Waals surface area contributed by atoms with Gasteiger partial charge in [0.1, 0.15) is 0 Å². The van der Waals surface area contributed by atoms with E-state index in [4.69, 9.17) is 4.84 Å². The first kappa shape index (κ1) is 14.7. The molecular formula is C14H21NO3. The van der Waals surface area contributed by atoms with Crippen molar-refractivity contribution in [2.24, 2.45) is 5.92 Å². The highest BCUT2D eigenvalue weighted by molar-refractivity contribution is 5.72. The Labute approximate surface area is 108 Å². The second kappa shape index (κ2) is 7.84. The van der Waals surface area contributed by atoms with Gasteiger partial charge in [0.2, 0.25) is 0 Å². The molecule has 0 saturated carbocycles. The standard InChI is InChI=1S/C14H21NO3/c1-11(2)10-18-15-9-13-7-5-4-6-12(13)8-14(16)17-3/h4-7,11,15H,8-10H2,1-3H3. The van der Waals surface area contributed by atoms with Crippen molar-refractivity contribution in [2.45, 2.75) is 26.8 Å². The van der Waals surface area contributed by atoms with Crippen molar-refractivity contribution in [3.63, 3.8) is 0 Å². The van der Waals surface area contributed by atoms with E-state index in [1.54, 1.807) is 0 Å².